The Kier molecular flexibility index (Phi) is 6.62. The van der Waals surface area contributed by atoms with E-state index >= 15 is 0 Å². The second kappa shape index (κ2) is 8.93. The van der Waals surface area contributed by atoms with Crippen LogP contribution in [0.2, 0.25) is 0 Å². The fourth-order valence-electron chi connectivity index (χ4n) is 1.86. The van der Waals surface area contributed by atoms with Crippen molar-refractivity contribution in [3.8, 4) is 17.2 Å². The molecule has 0 atom stereocenters. The van der Waals surface area contributed by atoms with Gasteiger partial charge in [0.15, 0.2) is 6.61 Å². The van der Waals surface area contributed by atoms with Gasteiger partial charge < -0.3 is 14.2 Å². The lowest BCUT2D eigenvalue weighted by Crippen LogP contribution is -2.24. The van der Waals surface area contributed by atoms with Gasteiger partial charge in [0.25, 0.3) is 5.91 Å². The zero-order valence-electron chi connectivity index (χ0n) is 13.3. The van der Waals surface area contributed by atoms with E-state index in [1.807, 2.05) is 18.2 Å². The lowest BCUT2D eigenvalue weighted by Gasteiger charge is -2.09. The summed E-state index contributed by atoms with van der Waals surface area (Å²) in [7, 11) is 3.12. The number of hydrogen-bond acceptors (Lipinski definition) is 5. The molecule has 0 bridgehead atoms. The van der Waals surface area contributed by atoms with Gasteiger partial charge in [-0.15, -0.1) is 0 Å². The van der Waals surface area contributed by atoms with Crippen molar-refractivity contribution in [2.24, 2.45) is 5.10 Å². The molecule has 0 unspecified atom stereocenters. The average Bonchev–Trinajstić information content (AvgIpc) is 2.61. The van der Waals surface area contributed by atoms with Crippen molar-refractivity contribution in [1.29, 1.82) is 0 Å². The smallest absolute Gasteiger partial charge is 0.277 e. The maximum absolute atomic E-state index is 11.7. The quantitative estimate of drug-likeness (QED) is 0.580. The van der Waals surface area contributed by atoms with Gasteiger partial charge in [-0.1, -0.05) is 18.2 Å². The highest BCUT2D eigenvalue weighted by Gasteiger charge is 2.08. The number of carbonyl (C=O) groups excluding carboxylic acids is 1. The molecule has 0 fully saturated rings. The second-order valence-electron chi connectivity index (χ2n) is 4.62. The number of rotatable bonds is 7. The van der Waals surface area contributed by atoms with E-state index in [-0.39, 0.29) is 12.5 Å². The summed E-state index contributed by atoms with van der Waals surface area (Å²) in [5.74, 6) is 1.48. The molecular formula is C17H17BrN2O4. The Morgan fingerprint density at radius 3 is 2.54 bits per heavy atom. The fraction of sp³-hybridized carbons (Fsp3) is 0.176. The van der Waals surface area contributed by atoms with E-state index in [4.69, 9.17) is 14.2 Å². The zero-order valence-corrected chi connectivity index (χ0v) is 14.9. The van der Waals surface area contributed by atoms with Gasteiger partial charge in [-0.3, -0.25) is 4.79 Å². The van der Waals surface area contributed by atoms with E-state index in [9.17, 15) is 4.79 Å². The van der Waals surface area contributed by atoms with E-state index in [0.717, 1.165) is 4.47 Å². The molecule has 0 spiro atoms. The molecule has 0 aliphatic rings. The van der Waals surface area contributed by atoms with Gasteiger partial charge >= 0.3 is 0 Å². The first-order chi connectivity index (χ1) is 11.6. The SMILES string of the molecule is COc1cc(OC)c(C=NNC(=O)COc2ccccc2)cc1Br. The predicted molar refractivity (Wildman–Crippen MR) is 94.9 cm³/mol. The molecular weight excluding hydrogens is 376 g/mol. The van der Waals surface area contributed by atoms with Crippen LogP contribution in [0.5, 0.6) is 17.2 Å². The van der Waals surface area contributed by atoms with E-state index in [0.29, 0.717) is 22.8 Å². The normalized spacial score (nSPS) is 10.5. The minimum atomic E-state index is -0.360. The molecule has 0 aliphatic carbocycles. The summed E-state index contributed by atoms with van der Waals surface area (Å²) in [6.07, 6.45) is 1.49. The Morgan fingerprint density at radius 2 is 1.88 bits per heavy atom. The number of nitrogens with one attached hydrogen (secondary N) is 1. The Balaban J connectivity index is 1.93. The first kappa shape index (κ1) is 17.8. The average molecular weight is 393 g/mol. The number of amides is 1. The Hall–Kier alpha value is -2.54. The molecule has 1 amide bonds. The molecule has 126 valence electrons. The number of para-hydroxylation sites is 1. The number of halogens is 1. The van der Waals surface area contributed by atoms with Gasteiger partial charge in [0.05, 0.1) is 24.9 Å². The van der Waals surface area contributed by atoms with Crippen LogP contribution in [0.15, 0.2) is 52.0 Å². The first-order valence-electron chi connectivity index (χ1n) is 7.05. The lowest BCUT2D eigenvalue weighted by atomic mass is 10.2. The van der Waals surface area contributed by atoms with Gasteiger partial charge in [0.1, 0.15) is 17.2 Å². The van der Waals surface area contributed by atoms with E-state index in [1.54, 1.807) is 38.5 Å². The van der Waals surface area contributed by atoms with E-state index in [1.165, 1.54) is 6.21 Å². The molecule has 2 aromatic rings. The molecule has 6 nitrogen and oxygen atoms in total. The minimum Gasteiger partial charge on any atom is -0.496 e. The van der Waals surface area contributed by atoms with E-state index in [2.05, 4.69) is 26.5 Å². The summed E-state index contributed by atoms with van der Waals surface area (Å²) < 4.78 is 16.6. The topological polar surface area (TPSA) is 69.2 Å². The van der Waals surface area contributed by atoms with Crippen molar-refractivity contribution >= 4 is 28.1 Å². The zero-order chi connectivity index (χ0) is 17.4. The molecule has 0 aliphatic heterocycles. The van der Waals surface area contributed by atoms with Crippen molar-refractivity contribution in [3.05, 3.63) is 52.5 Å². The van der Waals surface area contributed by atoms with Gasteiger partial charge in [0.2, 0.25) is 0 Å². The first-order valence-corrected chi connectivity index (χ1v) is 7.84. The van der Waals surface area contributed by atoms with Crippen molar-refractivity contribution in [2.45, 2.75) is 0 Å². The molecule has 24 heavy (non-hydrogen) atoms. The number of ether oxygens (including phenoxy) is 3. The third-order valence-electron chi connectivity index (χ3n) is 3.01. The number of hydrogen-bond donors (Lipinski definition) is 1. The maximum Gasteiger partial charge on any atom is 0.277 e. The monoisotopic (exact) mass is 392 g/mol. The Labute approximate surface area is 148 Å². The lowest BCUT2D eigenvalue weighted by molar-refractivity contribution is -0.123. The molecule has 0 aromatic heterocycles. The summed E-state index contributed by atoms with van der Waals surface area (Å²) >= 11 is 3.39. The minimum absolute atomic E-state index is 0.120. The number of hydrazone groups is 1. The third kappa shape index (κ3) is 4.99. The van der Waals surface area contributed by atoms with Crippen LogP contribution in [0.1, 0.15) is 5.56 Å². The van der Waals surface area contributed by atoms with Crippen LogP contribution in [-0.2, 0) is 4.79 Å². The number of carbonyl (C=O) groups is 1. The largest absolute Gasteiger partial charge is 0.496 e. The molecule has 0 saturated heterocycles. The van der Waals surface area contributed by atoms with Crippen molar-refractivity contribution in [2.75, 3.05) is 20.8 Å². The molecule has 0 saturated carbocycles. The summed E-state index contributed by atoms with van der Waals surface area (Å²) in [5.41, 5.74) is 3.09. The summed E-state index contributed by atoms with van der Waals surface area (Å²) in [5, 5.41) is 3.91. The highest BCUT2D eigenvalue weighted by atomic mass is 79.9. The van der Waals surface area contributed by atoms with Gasteiger partial charge in [-0.05, 0) is 34.1 Å². The van der Waals surface area contributed by atoms with Gasteiger partial charge in [0, 0.05) is 11.6 Å². The fourth-order valence-corrected chi connectivity index (χ4v) is 2.38. The highest BCUT2D eigenvalue weighted by molar-refractivity contribution is 9.10. The molecule has 0 radical (unpaired) electrons. The van der Waals surface area contributed by atoms with Crippen molar-refractivity contribution in [3.63, 3.8) is 0 Å². The van der Waals surface area contributed by atoms with Crippen LogP contribution < -0.4 is 19.6 Å². The van der Waals surface area contributed by atoms with Crippen LogP contribution in [0, 0.1) is 0 Å². The molecule has 2 aromatic carbocycles. The van der Waals surface area contributed by atoms with Crippen molar-refractivity contribution in [1.82, 2.24) is 5.43 Å². The van der Waals surface area contributed by atoms with Crippen LogP contribution in [0.4, 0.5) is 0 Å². The molecule has 2 rings (SSSR count). The van der Waals surface area contributed by atoms with Crippen LogP contribution in [-0.4, -0.2) is 32.9 Å². The summed E-state index contributed by atoms with van der Waals surface area (Å²) in [6.45, 7) is -0.120. The Bertz CT molecular complexity index is 720. The number of nitrogens with zero attached hydrogens (tertiary/aromatic N) is 1. The molecule has 7 heteroatoms. The summed E-state index contributed by atoms with van der Waals surface area (Å²) in [6, 6.07) is 12.6. The van der Waals surface area contributed by atoms with Crippen LogP contribution >= 0.6 is 15.9 Å². The predicted octanol–water partition coefficient (Wildman–Crippen LogP) is 3.00. The molecule has 0 heterocycles. The third-order valence-corrected chi connectivity index (χ3v) is 3.63. The Morgan fingerprint density at radius 1 is 1.17 bits per heavy atom. The van der Waals surface area contributed by atoms with Gasteiger partial charge in [-0.25, -0.2) is 5.43 Å². The van der Waals surface area contributed by atoms with E-state index < -0.39 is 0 Å². The summed E-state index contributed by atoms with van der Waals surface area (Å²) in [4.78, 5) is 11.7. The molecule has 1 N–H and O–H groups in total. The van der Waals surface area contributed by atoms with Crippen LogP contribution in [0.3, 0.4) is 0 Å². The van der Waals surface area contributed by atoms with Crippen molar-refractivity contribution < 1.29 is 19.0 Å². The standard InChI is InChI=1S/C17H17BrN2O4/c1-22-15-9-16(23-2)14(18)8-12(15)10-19-20-17(21)11-24-13-6-4-3-5-7-13/h3-10H,11H2,1-2H3,(H,20,21). The maximum atomic E-state index is 11.7. The second-order valence-corrected chi connectivity index (χ2v) is 5.48. The number of methoxy groups -OCH3 is 2. The number of benzene rings is 2. The highest BCUT2D eigenvalue weighted by Crippen LogP contribution is 2.31. The van der Waals surface area contributed by atoms with Gasteiger partial charge in [-0.2, -0.15) is 5.10 Å². The van der Waals surface area contributed by atoms with Crippen LogP contribution in [0.25, 0.3) is 0 Å².